The van der Waals surface area contributed by atoms with Crippen LogP contribution in [0.5, 0.6) is 5.75 Å². The van der Waals surface area contributed by atoms with Crippen molar-refractivity contribution in [2.24, 2.45) is 5.73 Å². The number of ether oxygens (including phenoxy) is 2. The van der Waals surface area contributed by atoms with Gasteiger partial charge in [0.25, 0.3) is 0 Å². The number of nitrogens with two attached hydrogens (primary N) is 1. The summed E-state index contributed by atoms with van der Waals surface area (Å²) < 4.78 is 10.8. The standard InChI is InChI=1S/C16H24Cl2N2O3/c1-16(2,3)23-14(21)10-22-15-11(9-20-6-4-5-19)7-12(17)8-13(15)18/h7-8,20H,4-6,9-10,19H2,1-3H3. The SMILES string of the molecule is CC(C)(C)OC(=O)COc1c(Cl)cc(Cl)cc1CNCCCN. The van der Waals surface area contributed by atoms with Crippen molar-refractivity contribution in [1.82, 2.24) is 5.32 Å². The third-order valence-electron chi connectivity index (χ3n) is 2.71. The van der Waals surface area contributed by atoms with Gasteiger partial charge in [-0.05, 0) is 52.4 Å². The summed E-state index contributed by atoms with van der Waals surface area (Å²) >= 11 is 12.2. The zero-order chi connectivity index (χ0) is 17.5. The van der Waals surface area contributed by atoms with E-state index in [0.717, 1.165) is 18.5 Å². The number of benzene rings is 1. The number of carbonyl (C=O) groups is 1. The highest BCUT2D eigenvalue weighted by Crippen LogP contribution is 2.32. The van der Waals surface area contributed by atoms with Gasteiger partial charge in [0.15, 0.2) is 6.61 Å². The molecule has 1 aromatic rings. The minimum absolute atomic E-state index is 0.214. The van der Waals surface area contributed by atoms with E-state index in [4.69, 9.17) is 38.4 Å². The van der Waals surface area contributed by atoms with Crippen LogP contribution in [-0.4, -0.2) is 31.3 Å². The summed E-state index contributed by atoms with van der Waals surface area (Å²) in [6.45, 7) is 7.09. The van der Waals surface area contributed by atoms with Crippen molar-refractivity contribution in [3.05, 3.63) is 27.7 Å². The van der Waals surface area contributed by atoms with Crippen LogP contribution in [-0.2, 0) is 16.1 Å². The molecule has 0 heterocycles. The van der Waals surface area contributed by atoms with Gasteiger partial charge in [0, 0.05) is 17.1 Å². The number of nitrogens with one attached hydrogen (secondary N) is 1. The van der Waals surface area contributed by atoms with Gasteiger partial charge in [-0.3, -0.25) is 0 Å². The minimum Gasteiger partial charge on any atom is -0.480 e. The van der Waals surface area contributed by atoms with Gasteiger partial charge in [-0.2, -0.15) is 0 Å². The van der Waals surface area contributed by atoms with Crippen molar-refractivity contribution < 1.29 is 14.3 Å². The first-order chi connectivity index (χ1) is 10.7. The van der Waals surface area contributed by atoms with Crippen LogP contribution in [0.25, 0.3) is 0 Å². The Hall–Kier alpha value is -1.01. The fourth-order valence-corrected chi connectivity index (χ4v) is 2.45. The fourth-order valence-electron chi connectivity index (χ4n) is 1.86. The molecule has 0 fully saturated rings. The molecule has 5 nitrogen and oxygen atoms in total. The molecule has 0 saturated carbocycles. The lowest BCUT2D eigenvalue weighted by atomic mass is 10.2. The third kappa shape index (κ3) is 7.88. The summed E-state index contributed by atoms with van der Waals surface area (Å²) in [6.07, 6.45) is 0.863. The van der Waals surface area contributed by atoms with Crippen LogP contribution in [0.15, 0.2) is 12.1 Å². The van der Waals surface area contributed by atoms with Crippen molar-refractivity contribution in [3.8, 4) is 5.75 Å². The maximum absolute atomic E-state index is 11.8. The molecule has 7 heteroatoms. The number of halogens is 2. The smallest absolute Gasteiger partial charge is 0.344 e. The number of rotatable bonds is 8. The number of hydrogen-bond donors (Lipinski definition) is 2. The van der Waals surface area contributed by atoms with Crippen molar-refractivity contribution in [2.75, 3.05) is 19.7 Å². The number of esters is 1. The topological polar surface area (TPSA) is 73.6 Å². The van der Waals surface area contributed by atoms with Gasteiger partial charge in [0.05, 0.1) is 5.02 Å². The van der Waals surface area contributed by atoms with Crippen LogP contribution < -0.4 is 15.8 Å². The molecule has 0 aromatic heterocycles. The summed E-state index contributed by atoms with van der Waals surface area (Å²) in [5, 5.41) is 4.10. The highest BCUT2D eigenvalue weighted by molar-refractivity contribution is 6.35. The molecule has 0 bridgehead atoms. The van der Waals surface area contributed by atoms with E-state index >= 15 is 0 Å². The Morgan fingerprint density at radius 2 is 2.00 bits per heavy atom. The van der Waals surface area contributed by atoms with Gasteiger partial charge >= 0.3 is 5.97 Å². The zero-order valence-corrected chi connectivity index (χ0v) is 15.3. The second kappa shape index (κ2) is 9.33. The first-order valence-electron chi connectivity index (χ1n) is 7.46. The van der Waals surface area contributed by atoms with Gasteiger partial charge in [-0.15, -0.1) is 0 Å². The zero-order valence-electron chi connectivity index (χ0n) is 13.7. The second-order valence-corrected chi connectivity index (χ2v) is 6.91. The molecule has 0 spiro atoms. The highest BCUT2D eigenvalue weighted by atomic mass is 35.5. The average Bonchev–Trinajstić information content (AvgIpc) is 2.40. The van der Waals surface area contributed by atoms with E-state index in [1.165, 1.54) is 0 Å². The molecule has 130 valence electrons. The Balaban J connectivity index is 2.73. The van der Waals surface area contributed by atoms with E-state index in [-0.39, 0.29) is 6.61 Å². The molecule has 23 heavy (non-hydrogen) atoms. The van der Waals surface area contributed by atoms with Crippen molar-refractivity contribution in [2.45, 2.75) is 39.3 Å². The van der Waals surface area contributed by atoms with Gasteiger partial charge in [-0.25, -0.2) is 4.79 Å². The van der Waals surface area contributed by atoms with E-state index < -0.39 is 11.6 Å². The number of hydrogen-bond acceptors (Lipinski definition) is 5. The molecular formula is C16H24Cl2N2O3. The van der Waals surface area contributed by atoms with Crippen LogP contribution >= 0.6 is 23.2 Å². The van der Waals surface area contributed by atoms with Crippen LogP contribution in [0.2, 0.25) is 10.0 Å². The lowest BCUT2D eigenvalue weighted by Gasteiger charge is -2.20. The molecule has 1 rings (SSSR count). The van der Waals surface area contributed by atoms with E-state index in [2.05, 4.69) is 5.32 Å². The molecule has 0 aliphatic carbocycles. The monoisotopic (exact) mass is 362 g/mol. The van der Waals surface area contributed by atoms with Gasteiger partial charge in [0.1, 0.15) is 11.4 Å². The maximum atomic E-state index is 11.8. The van der Waals surface area contributed by atoms with Crippen LogP contribution in [0.1, 0.15) is 32.8 Å². The summed E-state index contributed by atoms with van der Waals surface area (Å²) in [7, 11) is 0. The fraction of sp³-hybridized carbons (Fsp3) is 0.562. The Bertz CT molecular complexity index is 531. The predicted octanol–water partition coefficient (Wildman–Crippen LogP) is 3.15. The summed E-state index contributed by atoms with van der Waals surface area (Å²) in [4.78, 5) is 11.8. The average molecular weight is 363 g/mol. The Labute approximate surface area is 147 Å². The maximum Gasteiger partial charge on any atom is 0.344 e. The van der Waals surface area contributed by atoms with E-state index in [0.29, 0.717) is 28.9 Å². The molecule has 0 aliphatic rings. The Kier molecular flexibility index (Phi) is 8.12. The summed E-state index contributed by atoms with van der Waals surface area (Å²) in [5.74, 6) is -0.0206. The second-order valence-electron chi connectivity index (χ2n) is 6.07. The minimum atomic E-state index is -0.559. The Morgan fingerprint density at radius 3 is 2.61 bits per heavy atom. The van der Waals surface area contributed by atoms with Crippen molar-refractivity contribution in [3.63, 3.8) is 0 Å². The van der Waals surface area contributed by atoms with Gasteiger partial charge in [-0.1, -0.05) is 23.2 Å². The molecule has 0 radical (unpaired) electrons. The molecule has 1 aromatic carbocycles. The van der Waals surface area contributed by atoms with E-state index in [1.807, 2.05) is 0 Å². The lowest BCUT2D eigenvalue weighted by molar-refractivity contribution is -0.157. The summed E-state index contributed by atoms with van der Waals surface area (Å²) in [5.41, 5.74) is 5.68. The molecule has 0 unspecified atom stereocenters. The van der Waals surface area contributed by atoms with Crippen LogP contribution in [0.3, 0.4) is 0 Å². The summed E-state index contributed by atoms with van der Waals surface area (Å²) in [6, 6.07) is 3.34. The predicted molar refractivity (Wildman–Crippen MR) is 93.2 cm³/mol. The van der Waals surface area contributed by atoms with Crippen LogP contribution in [0.4, 0.5) is 0 Å². The first-order valence-corrected chi connectivity index (χ1v) is 8.22. The Morgan fingerprint density at radius 1 is 1.30 bits per heavy atom. The molecule has 0 saturated heterocycles. The lowest BCUT2D eigenvalue weighted by Crippen LogP contribution is -2.27. The molecule has 0 amide bonds. The molecule has 3 N–H and O–H groups in total. The van der Waals surface area contributed by atoms with Gasteiger partial charge in [0.2, 0.25) is 0 Å². The highest BCUT2D eigenvalue weighted by Gasteiger charge is 2.18. The third-order valence-corrected chi connectivity index (χ3v) is 3.21. The van der Waals surface area contributed by atoms with E-state index in [1.54, 1.807) is 32.9 Å². The van der Waals surface area contributed by atoms with Crippen LogP contribution in [0, 0.1) is 0 Å². The first kappa shape index (κ1) is 20.0. The molecule has 0 aliphatic heterocycles. The number of carbonyl (C=O) groups excluding carboxylic acids is 1. The molecular weight excluding hydrogens is 339 g/mol. The van der Waals surface area contributed by atoms with Crippen molar-refractivity contribution in [1.29, 1.82) is 0 Å². The largest absolute Gasteiger partial charge is 0.480 e. The van der Waals surface area contributed by atoms with Gasteiger partial charge < -0.3 is 20.5 Å². The quantitative estimate of drug-likeness (QED) is 0.548. The normalized spacial score (nSPS) is 11.4. The molecule has 0 atom stereocenters. The van der Waals surface area contributed by atoms with Crippen molar-refractivity contribution >= 4 is 29.2 Å². The van der Waals surface area contributed by atoms with E-state index in [9.17, 15) is 4.79 Å².